The normalized spacial score (nSPS) is 22.5. The first-order chi connectivity index (χ1) is 21.3. The van der Waals surface area contributed by atoms with Gasteiger partial charge in [0.05, 0.1) is 6.04 Å². The van der Waals surface area contributed by atoms with Crippen LogP contribution in [0.2, 0.25) is 0 Å². The van der Waals surface area contributed by atoms with Gasteiger partial charge < -0.3 is 20.4 Å². The van der Waals surface area contributed by atoms with Gasteiger partial charge in [-0.15, -0.1) is 0 Å². The molecule has 0 radical (unpaired) electrons. The molecule has 1 spiro atoms. The highest BCUT2D eigenvalue weighted by Crippen LogP contribution is 2.47. The summed E-state index contributed by atoms with van der Waals surface area (Å²) in [6, 6.07) is 15.3. The largest absolute Gasteiger partial charge is 0.373 e. The van der Waals surface area contributed by atoms with Gasteiger partial charge in [0, 0.05) is 55.2 Å². The number of nitrogens with one attached hydrogen (secondary N) is 2. The number of rotatable bonds is 7. The average Bonchev–Trinajstić information content (AvgIpc) is 3.16. The minimum absolute atomic E-state index is 0.0103. The van der Waals surface area contributed by atoms with Crippen molar-refractivity contribution in [2.24, 2.45) is 5.41 Å². The Kier molecular flexibility index (Phi) is 12.0. The first kappa shape index (κ1) is 33.7. The van der Waals surface area contributed by atoms with Gasteiger partial charge in [0.2, 0.25) is 11.8 Å². The van der Waals surface area contributed by atoms with E-state index in [1.165, 1.54) is 22.4 Å². The van der Waals surface area contributed by atoms with E-state index in [9.17, 15) is 9.59 Å². The Labute approximate surface area is 272 Å². The number of halogens is 1. The molecule has 2 aromatic rings. The second-order valence-electron chi connectivity index (χ2n) is 11.9. The molecule has 3 aliphatic heterocycles. The molecule has 2 N–H and O–H groups in total. The number of hydrogen-bond donors (Lipinski definition) is 2. The van der Waals surface area contributed by atoms with Gasteiger partial charge in [-0.3, -0.25) is 9.59 Å². The molecule has 0 aromatic heterocycles. The van der Waals surface area contributed by atoms with Crippen LogP contribution in [-0.2, 0) is 29.0 Å². The summed E-state index contributed by atoms with van der Waals surface area (Å²) in [5.41, 5.74) is 6.12. The molecule has 3 atom stereocenters. The zero-order chi connectivity index (χ0) is 31.7. The lowest BCUT2D eigenvalue weighted by Gasteiger charge is -2.32. The van der Waals surface area contributed by atoms with E-state index in [0.717, 1.165) is 35.8 Å². The molecule has 44 heavy (non-hydrogen) atoms. The van der Waals surface area contributed by atoms with Gasteiger partial charge in [-0.05, 0) is 80.0 Å². The lowest BCUT2D eigenvalue weighted by molar-refractivity contribution is -0.137. The molecule has 3 heterocycles. The highest BCUT2D eigenvalue weighted by molar-refractivity contribution is 9.10. The van der Waals surface area contributed by atoms with E-state index in [2.05, 4.69) is 88.8 Å². The van der Waals surface area contributed by atoms with Crippen LogP contribution in [0.1, 0.15) is 63.6 Å². The molecule has 1 saturated heterocycles. The maximum absolute atomic E-state index is 14.2. The first-order valence-electron chi connectivity index (χ1n) is 16.2. The van der Waals surface area contributed by atoms with Gasteiger partial charge in [-0.1, -0.05) is 84.4 Å². The molecule has 6 nitrogen and oxygen atoms in total. The number of likely N-dealkylation sites (tertiary alicyclic amines) is 1. The maximum Gasteiger partial charge on any atom is 0.245 e. The monoisotopic (exact) mass is 660 g/mol. The molecule has 2 amide bonds. The Hall–Kier alpha value is -3.16. The third kappa shape index (κ3) is 7.73. The molecular formula is C37H49BrN4O2. The summed E-state index contributed by atoms with van der Waals surface area (Å²) in [7, 11) is 2.17. The van der Waals surface area contributed by atoms with Gasteiger partial charge in [0.15, 0.2) is 0 Å². The Morgan fingerprint density at radius 3 is 2.43 bits per heavy atom. The van der Waals surface area contributed by atoms with E-state index in [4.69, 9.17) is 0 Å². The fraction of sp³-hybridized carbons (Fsp3) is 0.459. The first-order valence-corrected chi connectivity index (χ1v) is 17.0. The Bertz CT molecular complexity index is 1380. The zero-order valence-electron chi connectivity index (χ0n) is 27.0. The number of allylic oxidation sites excluding steroid dienone is 4. The summed E-state index contributed by atoms with van der Waals surface area (Å²) < 4.78 is 0.991. The van der Waals surface area contributed by atoms with E-state index in [1.807, 2.05) is 55.1 Å². The van der Waals surface area contributed by atoms with Crippen molar-refractivity contribution >= 4 is 27.7 Å². The van der Waals surface area contributed by atoms with Crippen LogP contribution >= 0.6 is 15.9 Å². The molecule has 5 rings (SSSR count). The molecule has 0 saturated carbocycles. The minimum atomic E-state index is -0.623. The summed E-state index contributed by atoms with van der Waals surface area (Å²) in [5.74, 6) is -0.103. The molecule has 1 fully saturated rings. The van der Waals surface area contributed by atoms with Crippen molar-refractivity contribution in [1.82, 2.24) is 20.4 Å². The predicted octanol–water partition coefficient (Wildman–Crippen LogP) is 6.57. The number of carbonyl (C=O) groups is 2. The molecule has 7 heteroatoms. The SMILES string of the molecule is C/C=C\C1=C(/C=C\C)C2(CCCN(C(=O)[C@@H](Cc3ccc(Br)cc3)NC(=O)C3Cc4ccccc4CN3)CC2)CN1C.CC. The highest BCUT2D eigenvalue weighted by atomic mass is 79.9. The summed E-state index contributed by atoms with van der Waals surface area (Å²) >= 11 is 3.51. The Morgan fingerprint density at radius 1 is 1.02 bits per heavy atom. The average molecular weight is 662 g/mol. The number of benzene rings is 2. The third-order valence-corrected chi connectivity index (χ3v) is 9.61. The van der Waals surface area contributed by atoms with Crippen molar-refractivity contribution < 1.29 is 9.59 Å². The lowest BCUT2D eigenvalue weighted by Crippen LogP contribution is -2.55. The summed E-state index contributed by atoms with van der Waals surface area (Å²) in [5, 5.41) is 6.56. The molecule has 3 aliphatic rings. The van der Waals surface area contributed by atoms with Crippen LogP contribution in [0.15, 0.2) is 88.6 Å². The summed E-state index contributed by atoms with van der Waals surface area (Å²) in [4.78, 5) is 32.2. The van der Waals surface area contributed by atoms with Gasteiger partial charge in [0.25, 0.3) is 0 Å². The van der Waals surface area contributed by atoms with Crippen LogP contribution in [-0.4, -0.2) is 60.4 Å². The van der Waals surface area contributed by atoms with Crippen LogP contribution in [0, 0.1) is 5.41 Å². The zero-order valence-corrected chi connectivity index (χ0v) is 28.6. The number of carbonyl (C=O) groups excluding carboxylic acids is 2. The van der Waals surface area contributed by atoms with E-state index in [1.54, 1.807) is 0 Å². The van der Waals surface area contributed by atoms with Crippen molar-refractivity contribution in [3.05, 3.63) is 105 Å². The fourth-order valence-corrected chi connectivity index (χ4v) is 7.20. The second-order valence-corrected chi connectivity index (χ2v) is 12.8. The minimum Gasteiger partial charge on any atom is -0.373 e. The van der Waals surface area contributed by atoms with Gasteiger partial charge in [-0.25, -0.2) is 0 Å². The van der Waals surface area contributed by atoms with Crippen LogP contribution in [0.4, 0.5) is 0 Å². The molecule has 236 valence electrons. The van der Waals surface area contributed by atoms with Crippen LogP contribution in [0.3, 0.4) is 0 Å². The van der Waals surface area contributed by atoms with Crippen molar-refractivity contribution in [3.8, 4) is 0 Å². The number of hydrogen-bond acceptors (Lipinski definition) is 4. The predicted molar refractivity (Wildman–Crippen MR) is 184 cm³/mol. The van der Waals surface area contributed by atoms with Gasteiger partial charge in [-0.2, -0.15) is 0 Å². The van der Waals surface area contributed by atoms with Crippen molar-refractivity contribution in [2.45, 2.75) is 78.4 Å². The highest BCUT2D eigenvalue weighted by Gasteiger charge is 2.43. The number of amides is 2. The van der Waals surface area contributed by atoms with Crippen molar-refractivity contribution in [1.29, 1.82) is 0 Å². The van der Waals surface area contributed by atoms with E-state index < -0.39 is 6.04 Å². The Balaban J connectivity index is 0.00000216. The van der Waals surface area contributed by atoms with E-state index >= 15 is 0 Å². The van der Waals surface area contributed by atoms with E-state index in [0.29, 0.717) is 32.5 Å². The number of fused-ring (bicyclic) bond motifs is 1. The Morgan fingerprint density at radius 2 is 1.73 bits per heavy atom. The third-order valence-electron chi connectivity index (χ3n) is 9.08. The standard InChI is InChI=1S/C35H43BrN4O2.C2H6/c1-4-9-29-32(10-5-2)39(3)24-35(29)17-8-19-40(20-18-35)34(42)31(21-25-13-15-28(36)16-14-25)38-33(41)30-22-26-11-6-7-12-27(26)23-37-30;1-2/h4-7,9-16,30-31,37H,8,17-24H2,1-3H3,(H,38,41);1-2H3/b9-4-,10-5-;/t30?,31-,35?;/m1./s1. The smallest absolute Gasteiger partial charge is 0.245 e. The van der Waals surface area contributed by atoms with Crippen molar-refractivity contribution in [2.75, 3.05) is 26.7 Å². The van der Waals surface area contributed by atoms with Crippen LogP contribution < -0.4 is 10.6 Å². The molecule has 2 unspecified atom stereocenters. The summed E-state index contributed by atoms with van der Waals surface area (Å²) in [6.45, 7) is 11.1. The fourth-order valence-electron chi connectivity index (χ4n) is 6.94. The maximum atomic E-state index is 14.2. The number of likely N-dealkylation sites (N-methyl/N-ethyl adjacent to an activating group) is 1. The quantitative estimate of drug-likeness (QED) is 0.353. The van der Waals surface area contributed by atoms with Crippen LogP contribution in [0.5, 0.6) is 0 Å². The number of nitrogens with zero attached hydrogens (tertiary/aromatic N) is 2. The molecule has 2 aromatic carbocycles. The second kappa shape index (κ2) is 15.7. The van der Waals surface area contributed by atoms with E-state index in [-0.39, 0.29) is 23.3 Å². The molecule has 0 aliphatic carbocycles. The van der Waals surface area contributed by atoms with Crippen molar-refractivity contribution in [3.63, 3.8) is 0 Å². The topological polar surface area (TPSA) is 64.7 Å². The van der Waals surface area contributed by atoms with Gasteiger partial charge in [0.1, 0.15) is 6.04 Å². The lowest BCUT2D eigenvalue weighted by atomic mass is 9.75. The molecular weight excluding hydrogens is 612 g/mol. The summed E-state index contributed by atoms with van der Waals surface area (Å²) in [6.07, 6.45) is 12.7. The molecule has 0 bridgehead atoms. The van der Waals surface area contributed by atoms with Crippen LogP contribution in [0.25, 0.3) is 0 Å². The van der Waals surface area contributed by atoms with Gasteiger partial charge >= 0.3 is 0 Å².